The highest BCUT2D eigenvalue weighted by Gasteiger charge is 2.04. The summed E-state index contributed by atoms with van der Waals surface area (Å²) in [5.41, 5.74) is 0.907. The van der Waals surface area contributed by atoms with E-state index in [1.807, 2.05) is 13.2 Å². The average molecular weight is 285 g/mol. The lowest BCUT2D eigenvalue weighted by Crippen LogP contribution is -1.96. The molecule has 0 bridgehead atoms. The van der Waals surface area contributed by atoms with Crippen LogP contribution in [-0.4, -0.2) is 9.78 Å². The summed E-state index contributed by atoms with van der Waals surface area (Å²) in [6.45, 7) is 0.312. The van der Waals surface area contributed by atoms with E-state index < -0.39 is 0 Å². The third-order valence-corrected chi connectivity index (χ3v) is 2.54. The van der Waals surface area contributed by atoms with E-state index in [1.54, 1.807) is 23.0 Å². The summed E-state index contributed by atoms with van der Waals surface area (Å²) in [5.74, 6) is -0.134. The second-order valence-corrected chi connectivity index (χ2v) is 4.30. The zero-order valence-electron chi connectivity index (χ0n) is 8.65. The van der Waals surface area contributed by atoms with Crippen molar-refractivity contribution in [1.82, 2.24) is 9.78 Å². The first-order chi connectivity index (χ1) is 7.65. The standard InChI is InChI=1S/C11H10BrFN2O/c1-15-6-8(5-14-15)7-16-11-3-2-9(12)4-10(11)13/h2-6H,7H2,1H3. The third kappa shape index (κ3) is 2.61. The van der Waals surface area contributed by atoms with Gasteiger partial charge in [-0.3, -0.25) is 4.68 Å². The quantitative estimate of drug-likeness (QED) is 0.867. The van der Waals surface area contributed by atoms with Crippen molar-refractivity contribution in [3.63, 3.8) is 0 Å². The molecule has 3 nitrogen and oxygen atoms in total. The van der Waals surface area contributed by atoms with Crippen LogP contribution in [-0.2, 0) is 13.7 Å². The molecule has 2 aromatic rings. The van der Waals surface area contributed by atoms with Crippen molar-refractivity contribution in [3.8, 4) is 5.75 Å². The van der Waals surface area contributed by atoms with Crippen LogP contribution >= 0.6 is 15.9 Å². The van der Waals surface area contributed by atoms with Crippen molar-refractivity contribution in [2.75, 3.05) is 0 Å². The minimum absolute atomic E-state index is 0.243. The van der Waals surface area contributed by atoms with Crippen LogP contribution in [0.2, 0.25) is 0 Å². The smallest absolute Gasteiger partial charge is 0.166 e. The van der Waals surface area contributed by atoms with Crippen LogP contribution in [0, 0.1) is 5.82 Å². The van der Waals surface area contributed by atoms with Crippen molar-refractivity contribution in [1.29, 1.82) is 0 Å². The summed E-state index contributed by atoms with van der Waals surface area (Å²) in [6, 6.07) is 4.70. The molecule has 0 unspecified atom stereocenters. The Morgan fingerprint density at radius 1 is 1.50 bits per heavy atom. The van der Waals surface area contributed by atoms with Crippen molar-refractivity contribution < 1.29 is 9.13 Å². The van der Waals surface area contributed by atoms with Gasteiger partial charge >= 0.3 is 0 Å². The number of hydrogen-bond donors (Lipinski definition) is 0. The number of aryl methyl sites for hydroxylation is 1. The molecule has 0 radical (unpaired) electrons. The van der Waals surface area contributed by atoms with Gasteiger partial charge in [-0.15, -0.1) is 0 Å². The third-order valence-electron chi connectivity index (χ3n) is 2.05. The summed E-state index contributed by atoms with van der Waals surface area (Å²) in [6.07, 6.45) is 3.52. The normalized spacial score (nSPS) is 10.4. The van der Waals surface area contributed by atoms with Gasteiger partial charge < -0.3 is 4.74 Å². The zero-order chi connectivity index (χ0) is 11.5. The van der Waals surface area contributed by atoms with Crippen LogP contribution in [0.5, 0.6) is 5.75 Å². The van der Waals surface area contributed by atoms with E-state index >= 15 is 0 Å². The molecule has 0 spiro atoms. The van der Waals surface area contributed by atoms with Crippen LogP contribution in [0.1, 0.15) is 5.56 Å². The number of rotatable bonds is 3. The van der Waals surface area contributed by atoms with Crippen LogP contribution in [0.25, 0.3) is 0 Å². The van der Waals surface area contributed by atoms with Gasteiger partial charge in [0.1, 0.15) is 6.61 Å². The molecule has 0 amide bonds. The summed E-state index contributed by atoms with van der Waals surface area (Å²) >= 11 is 3.19. The predicted molar refractivity (Wildman–Crippen MR) is 61.6 cm³/mol. The van der Waals surface area contributed by atoms with E-state index in [0.29, 0.717) is 11.1 Å². The highest BCUT2D eigenvalue weighted by Crippen LogP contribution is 2.22. The molecule has 84 valence electrons. The predicted octanol–water partition coefficient (Wildman–Crippen LogP) is 2.90. The second-order valence-electron chi connectivity index (χ2n) is 3.39. The highest BCUT2D eigenvalue weighted by molar-refractivity contribution is 9.10. The Morgan fingerprint density at radius 3 is 2.94 bits per heavy atom. The van der Waals surface area contributed by atoms with E-state index in [0.717, 1.165) is 5.56 Å². The average Bonchev–Trinajstić information content (AvgIpc) is 2.63. The minimum atomic E-state index is -0.377. The van der Waals surface area contributed by atoms with Gasteiger partial charge in [-0.2, -0.15) is 5.10 Å². The van der Waals surface area contributed by atoms with Gasteiger partial charge in [0.15, 0.2) is 11.6 Å². The maximum Gasteiger partial charge on any atom is 0.166 e. The summed E-state index contributed by atoms with van der Waals surface area (Å²) in [4.78, 5) is 0. The Hall–Kier alpha value is -1.36. The zero-order valence-corrected chi connectivity index (χ0v) is 10.2. The van der Waals surface area contributed by atoms with Crippen LogP contribution in [0.3, 0.4) is 0 Å². The molecule has 0 aliphatic heterocycles. The molecule has 1 aromatic heterocycles. The first-order valence-corrected chi connectivity index (χ1v) is 5.50. The molecule has 0 fully saturated rings. The largest absolute Gasteiger partial charge is 0.486 e. The molecule has 0 aliphatic rings. The minimum Gasteiger partial charge on any atom is -0.486 e. The molecule has 5 heteroatoms. The first kappa shape index (κ1) is 11.1. The van der Waals surface area contributed by atoms with Gasteiger partial charge in [-0.1, -0.05) is 15.9 Å². The SMILES string of the molecule is Cn1cc(COc2ccc(Br)cc2F)cn1. The van der Waals surface area contributed by atoms with Gasteiger partial charge in [0, 0.05) is 23.3 Å². The van der Waals surface area contributed by atoms with Gasteiger partial charge in [-0.05, 0) is 18.2 Å². The van der Waals surface area contributed by atoms with Crippen LogP contribution in [0.15, 0.2) is 35.1 Å². The molecular formula is C11H10BrFN2O. The summed E-state index contributed by atoms with van der Waals surface area (Å²) in [5, 5.41) is 4.00. The van der Waals surface area contributed by atoms with Crippen molar-refractivity contribution in [3.05, 3.63) is 46.4 Å². The Labute approximate surface area is 101 Å². The molecule has 0 saturated carbocycles. The molecule has 0 aliphatic carbocycles. The lowest BCUT2D eigenvalue weighted by Gasteiger charge is -2.05. The first-order valence-electron chi connectivity index (χ1n) is 4.70. The Balaban J connectivity index is 2.04. The Kier molecular flexibility index (Phi) is 3.24. The molecule has 0 saturated heterocycles. The topological polar surface area (TPSA) is 27.1 Å². The molecule has 16 heavy (non-hydrogen) atoms. The van der Waals surface area contributed by atoms with Crippen molar-refractivity contribution in [2.45, 2.75) is 6.61 Å². The molecule has 1 heterocycles. The molecule has 0 atom stereocenters. The monoisotopic (exact) mass is 284 g/mol. The molecule has 0 N–H and O–H groups in total. The van der Waals surface area contributed by atoms with Gasteiger partial charge in [0.05, 0.1) is 6.20 Å². The second kappa shape index (κ2) is 4.65. The molecular weight excluding hydrogens is 275 g/mol. The fourth-order valence-corrected chi connectivity index (χ4v) is 1.63. The van der Waals surface area contributed by atoms with E-state index in [9.17, 15) is 4.39 Å². The summed E-state index contributed by atoms with van der Waals surface area (Å²) < 4.78 is 21.1. The fraction of sp³-hybridized carbons (Fsp3) is 0.182. The lowest BCUT2D eigenvalue weighted by atomic mass is 10.3. The Bertz CT molecular complexity index is 498. The van der Waals surface area contributed by atoms with Crippen LogP contribution < -0.4 is 4.74 Å². The Morgan fingerprint density at radius 2 is 2.31 bits per heavy atom. The van der Waals surface area contributed by atoms with E-state index in [-0.39, 0.29) is 11.6 Å². The van der Waals surface area contributed by atoms with Gasteiger partial charge in [-0.25, -0.2) is 4.39 Å². The number of ether oxygens (including phenoxy) is 1. The van der Waals surface area contributed by atoms with Crippen molar-refractivity contribution >= 4 is 15.9 Å². The maximum absolute atomic E-state index is 13.4. The molecule has 1 aromatic carbocycles. The fourth-order valence-electron chi connectivity index (χ4n) is 1.30. The number of halogens is 2. The summed E-state index contributed by atoms with van der Waals surface area (Å²) in [7, 11) is 1.82. The molecule has 2 rings (SSSR count). The number of hydrogen-bond acceptors (Lipinski definition) is 2. The number of nitrogens with zero attached hydrogens (tertiary/aromatic N) is 2. The van der Waals surface area contributed by atoms with Crippen molar-refractivity contribution in [2.24, 2.45) is 7.05 Å². The van der Waals surface area contributed by atoms with Gasteiger partial charge in [0.2, 0.25) is 0 Å². The van der Waals surface area contributed by atoms with Crippen LogP contribution in [0.4, 0.5) is 4.39 Å². The maximum atomic E-state index is 13.4. The van der Waals surface area contributed by atoms with E-state index in [2.05, 4.69) is 21.0 Å². The van der Waals surface area contributed by atoms with E-state index in [1.165, 1.54) is 6.07 Å². The highest BCUT2D eigenvalue weighted by atomic mass is 79.9. The number of benzene rings is 1. The number of aromatic nitrogens is 2. The van der Waals surface area contributed by atoms with Gasteiger partial charge in [0.25, 0.3) is 0 Å². The lowest BCUT2D eigenvalue weighted by molar-refractivity contribution is 0.290. The van der Waals surface area contributed by atoms with E-state index in [4.69, 9.17) is 4.74 Å².